The fourth-order valence-electron chi connectivity index (χ4n) is 3.43. The van der Waals surface area contributed by atoms with Crippen LogP contribution in [0.15, 0.2) is 24.3 Å². The molecule has 3 rings (SSSR count). The van der Waals surface area contributed by atoms with E-state index in [1.165, 1.54) is 27.1 Å². The Labute approximate surface area is 140 Å². The number of thiophene rings is 1. The van der Waals surface area contributed by atoms with Gasteiger partial charge in [0, 0.05) is 17.3 Å². The first-order valence-corrected chi connectivity index (χ1v) is 8.96. The minimum absolute atomic E-state index is 0.366. The van der Waals surface area contributed by atoms with Gasteiger partial charge in [0.15, 0.2) is 6.29 Å². The lowest BCUT2D eigenvalue weighted by Crippen LogP contribution is -2.20. The molecule has 1 atom stereocenters. The maximum atomic E-state index is 11.0. The summed E-state index contributed by atoms with van der Waals surface area (Å²) in [5.74, 6) is 0.366. The quantitative estimate of drug-likeness (QED) is 0.783. The topological polar surface area (TPSA) is 46.2 Å². The van der Waals surface area contributed by atoms with Gasteiger partial charge >= 0.3 is 0 Å². The summed E-state index contributed by atoms with van der Waals surface area (Å²) in [6, 6.07) is 8.68. The first-order chi connectivity index (χ1) is 11.3. The highest BCUT2D eigenvalue weighted by Gasteiger charge is 2.20. The highest BCUT2D eigenvalue weighted by Crippen LogP contribution is 2.39. The molecule has 1 aliphatic carbocycles. The van der Waals surface area contributed by atoms with E-state index in [9.17, 15) is 9.59 Å². The lowest BCUT2D eigenvalue weighted by molar-refractivity contribution is -0.109. The maximum absolute atomic E-state index is 11.0. The second-order valence-corrected chi connectivity index (χ2v) is 7.20. The standard InChI is InChI=1S/C19H21NO2S/c1-2-3-15(10-20-12-22)13-4-6-17-14(8-13)5-7-19-18(17)9-16(11-21)23-19/h4,6,8-9,11-12,15H,2-3,5,7,10H2,1H3,(H,20,22). The summed E-state index contributed by atoms with van der Waals surface area (Å²) < 4.78 is 0. The first-order valence-electron chi connectivity index (χ1n) is 8.15. The van der Waals surface area contributed by atoms with Gasteiger partial charge < -0.3 is 5.32 Å². The van der Waals surface area contributed by atoms with Gasteiger partial charge in [-0.05, 0) is 47.6 Å². The van der Waals surface area contributed by atoms with Crippen LogP contribution < -0.4 is 5.32 Å². The van der Waals surface area contributed by atoms with Crippen molar-refractivity contribution in [3.63, 3.8) is 0 Å². The number of fused-ring (bicyclic) bond motifs is 3. The van der Waals surface area contributed by atoms with Crippen LogP contribution in [0.4, 0.5) is 0 Å². The van der Waals surface area contributed by atoms with Gasteiger partial charge in [-0.1, -0.05) is 31.5 Å². The predicted octanol–water partition coefficient (Wildman–Crippen LogP) is 3.96. The second-order valence-electron chi connectivity index (χ2n) is 6.03. The van der Waals surface area contributed by atoms with Crippen molar-refractivity contribution in [2.24, 2.45) is 0 Å². The summed E-state index contributed by atoms with van der Waals surface area (Å²) in [6.07, 6.45) is 5.92. The predicted molar refractivity (Wildman–Crippen MR) is 94.3 cm³/mol. The highest BCUT2D eigenvalue weighted by atomic mass is 32.1. The number of nitrogens with one attached hydrogen (secondary N) is 1. The van der Waals surface area contributed by atoms with E-state index in [0.29, 0.717) is 12.5 Å². The summed E-state index contributed by atoms with van der Waals surface area (Å²) in [7, 11) is 0. The molecular formula is C19H21NO2S. The summed E-state index contributed by atoms with van der Waals surface area (Å²) >= 11 is 1.61. The summed E-state index contributed by atoms with van der Waals surface area (Å²) in [5.41, 5.74) is 5.15. The van der Waals surface area contributed by atoms with E-state index in [-0.39, 0.29) is 0 Å². The van der Waals surface area contributed by atoms with Crippen molar-refractivity contribution >= 4 is 24.0 Å². The van der Waals surface area contributed by atoms with Gasteiger partial charge in [-0.3, -0.25) is 9.59 Å². The molecule has 1 aromatic heterocycles. The van der Waals surface area contributed by atoms with Crippen molar-refractivity contribution in [2.45, 2.75) is 38.5 Å². The first kappa shape index (κ1) is 15.9. The zero-order valence-electron chi connectivity index (χ0n) is 13.3. The van der Waals surface area contributed by atoms with E-state index in [2.05, 4.69) is 30.4 Å². The van der Waals surface area contributed by atoms with E-state index in [1.54, 1.807) is 11.3 Å². The monoisotopic (exact) mass is 327 g/mol. The van der Waals surface area contributed by atoms with Crippen molar-refractivity contribution in [2.75, 3.05) is 6.54 Å². The summed E-state index contributed by atoms with van der Waals surface area (Å²) in [4.78, 5) is 23.8. The van der Waals surface area contributed by atoms with Gasteiger partial charge in [0.25, 0.3) is 0 Å². The van der Waals surface area contributed by atoms with Gasteiger partial charge in [0.1, 0.15) is 0 Å². The molecule has 0 radical (unpaired) electrons. The van der Waals surface area contributed by atoms with Crippen LogP contribution in [0, 0.1) is 0 Å². The SMILES string of the molecule is CCCC(CNC=O)c1ccc2c(c1)CCc1sc(C=O)cc1-2. The largest absolute Gasteiger partial charge is 0.358 e. The fourth-order valence-corrected chi connectivity index (χ4v) is 4.42. The van der Waals surface area contributed by atoms with Crippen LogP contribution in [-0.2, 0) is 17.6 Å². The third-order valence-corrected chi connectivity index (χ3v) is 5.66. The number of carbonyl (C=O) groups excluding carboxylic acids is 2. The lowest BCUT2D eigenvalue weighted by atomic mass is 9.85. The molecule has 2 aromatic rings. The number of rotatable bonds is 7. The third kappa shape index (κ3) is 3.22. The van der Waals surface area contributed by atoms with Gasteiger partial charge in [-0.2, -0.15) is 0 Å². The number of carbonyl (C=O) groups is 2. The lowest BCUT2D eigenvalue weighted by Gasteiger charge is -2.21. The minimum atomic E-state index is 0.366. The van der Waals surface area contributed by atoms with E-state index in [1.807, 2.05) is 6.07 Å². The average Bonchev–Trinajstić information content (AvgIpc) is 3.01. The molecule has 0 saturated heterocycles. The molecule has 120 valence electrons. The van der Waals surface area contributed by atoms with Crippen LogP contribution in [0.2, 0.25) is 0 Å². The molecule has 23 heavy (non-hydrogen) atoms. The van der Waals surface area contributed by atoms with E-state index in [0.717, 1.165) is 43.3 Å². The molecule has 3 nitrogen and oxygen atoms in total. The smallest absolute Gasteiger partial charge is 0.207 e. The molecular weight excluding hydrogens is 306 g/mol. The van der Waals surface area contributed by atoms with Crippen molar-refractivity contribution in [3.8, 4) is 11.1 Å². The van der Waals surface area contributed by atoms with Gasteiger partial charge in [-0.15, -0.1) is 11.3 Å². The van der Waals surface area contributed by atoms with Crippen molar-refractivity contribution in [1.29, 1.82) is 0 Å². The van der Waals surface area contributed by atoms with E-state index >= 15 is 0 Å². The molecule has 0 bridgehead atoms. The molecule has 1 heterocycles. The molecule has 0 spiro atoms. The van der Waals surface area contributed by atoms with Crippen molar-refractivity contribution in [1.82, 2.24) is 5.32 Å². The molecule has 0 saturated carbocycles. The Morgan fingerprint density at radius 3 is 2.83 bits per heavy atom. The molecule has 0 fully saturated rings. The van der Waals surface area contributed by atoms with Crippen LogP contribution in [0.1, 0.15) is 51.4 Å². The minimum Gasteiger partial charge on any atom is -0.358 e. The third-order valence-electron chi connectivity index (χ3n) is 4.54. The van der Waals surface area contributed by atoms with Crippen molar-refractivity contribution < 1.29 is 9.59 Å². The molecule has 1 aromatic carbocycles. The maximum Gasteiger partial charge on any atom is 0.207 e. The number of amides is 1. The zero-order valence-corrected chi connectivity index (χ0v) is 14.1. The zero-order chi connectivity index (χ0) is 16.2. The van der Waals surface area contributed by atoms with Crippen molar-refractivity contribution in [3.05, 3.63) is 45.1 Å². The number of aldehydes is 1. The normalized spacial score (nSPS) is 13.8. The summed E-state index contributed by atoms with van der Waals surface area (Å²) in [5, 5.41) is 2.82. The Balaban J connectivity index is 1.93. The van der Waals surface area contributed by atoms with Crippen LogP contribution in [-0.4, -0.2) is 19.2 Å². The Hall–Kier alpha value is -1.94. The number of benzene rings is 1. The van der Waals surface area contributed by atoms with Gasteiger partial charge in [-0.25, -0.2) is 0 Å². The van der Waals surface area contributed by atoms with E-state index < -0.39 is 0 Å². The van der Waals surface area contributed by atoms with Crippen LogP contribution in [0.5, 0.6) is 0 Å². The number of hydrogen-bond acceptors (Lipinski definition) is 3. The average molecular weight is 327 g/mol. The molecule has 1 N–H and O–H groups in total. The second kappa shape index (κ2) is 7.09. The Kier molecular flexibility index (Phi) is 4.91. The molecule has 1 amide bonds. The molecule has 1 unspecified atom stereocenters. The van der Waals surface area contributed by atoms with E-state index in [4.69, 9.17) is 0 Å². The van der Waals surface area contributed by atoms with Gasteiger partial charge in [0.05, 0.1) is 4.88 Å². The number of aryl methyl sites for hydroxylation is 2. The summed E-state index contributed by atoms with van der Waals surface area (Å²) in [6.45, 7) is 2.86. The molecule has 1 aliphatic rings. The van der Waals surface area contributed by atoms with Crippen LogP contribution in [0.25, 0.3) is 11.1 Å². The fraction of sp³-hybridized carbons (Fsp3) is 0.368. The van der Waals surface area contributed by atoms with Gasteiger partial charge in [0.2, 0.25) is 6.41 Å². The number of hydrogen-bond donors (Lipinski definition) is 1. The highest BCUT2D eigenvalue weighted by molar-refractivity contribution is 7.14. The Morgan fingerprint density at radius 1 is 1.22 bits per heavy atom. The van der Waals surface area contributed by atoms with Crippen LogP contribution >= 0.6 is 11.3 Å². The molecule has 0 aliphatic heterocycles. The molecule has 4 heteroatoms. The van der Waals surface area contributed by atoms with Crippen LogP contribution in [0.3, 0.4) is 0 Å². The Bertz CT molecular complexity index is 720. The Morgan fingerprint density at radius 2 is 2.09 bits per heavy atom.